The summed E-state index contributed by atoms with van der Waals surface area (Å²) in [6, 6.07) is 6.95. The summed E-state index contributed by atoms with van der Waals surface area (Å²) in [5.41, 5.74) is 7.67. The van der Waals surface area contributed by atoms with Gasteiger partial charge in [0.25, 0.3) is 0 Å². The molecule has 1 aromatic carbocycles. The lowest BCUT2D eigenvalue weighted by atomic mass is 10.1. The third-order valence-electron chi connectivity index (χ3n) is 2.96. The number of benzene rings is 1. The number of nitrogens with zero attached hydrogens (tertiary/aromatic N) is 1. The van der Waals surface area contributed by atoms with Gasteiger partial charge in [-0.1, -0.05) is 29.8 Å². The molecule has 0 spiro atoms. The number of amides is 1. The Hall–Kier alpha value is -1.88. The minimum Gasteiger partial charge on any atom is -0.480 e. The van der Waals surface area contributed by atoms with Gasteiger partial charge in [-0.25, -0.2) is 0 Å². The van der Waals surface area contributed by atoms with Gasteiger partial charge in [0.2, 0.25) is 5.91 Å². The number of carboxylic acids is 1. The summed E-state index contributed by atoms with van der Waals surface area (Å²) in [6.07, 6.45) is 0.575. The molecule has 0 aliphatic heterocycles. The third-order valence-corrected chi connectivity index (χ3v) is 2.96. The molecule has 1 aromatic rings. The number of aryl methyl sites for hydroxylation is 1. The van der Waals surface area contributed by atoms with Gasteiger partial charge in [0.15, 0.2) is 0 Å². The van der Waals surface area contributed by atoms with Crippen LogP contribution in [-0.4, -0.2) is 41.5 Å². The minimum atomic E-state index is -1.15. The third kappa shape index (κ3) is 5.09. The summed E-state index contributed by atoms with van der Waals surface area (Å²) in [7, 11) is 1.66. The quantitative estimate of drug-likeness (QED) is 0.796. The number of carboxylic acid groups (broad SMARTS) is 1. The fraction of sp³-hybridized carbons (Fsp3) is 0.429. The van der Waals surface area contributed by atoms with Gasteiger partial charge >= 0.3 is 5.97 Å². The Kier molecular flexibility index (Phi) is 5.51. The molecule has 0 fully saturated rings. The minimum absolute atomic E-state index is 0.167. The molecule has 5 nitrogen and oxygen atoms in total. The Bertz CT molecular complexity index is 460. The van der Waals surface area contributed by atoms with E-state index in [-0.39, 0.29) is 12.3 Å². The molecule has 1 amide bonds. The predicted molar refractivity (Wildman–Crippen MR) is 72.7 cm³/mol. The lowest BCUT2D eigenvalue weighted by molar-refractivity contribution is -0.142. The van der Waals surface area contributed by atoms with Gasteiger partial charge in [0.05, 0.1) is 6.42 Å². The van der Waals surface area contributed by atoms with Crippen molar-refractivity contribution in [1.29, 1.82) is 0 Å². The zero-order valence-electron chi connectivity index (χ0n) is 11.3. The second-order valence-corrected chi connectivity index (χ2v) is 4.70. The molecule has 1 unspecified atom stereocenters. The van der Waals surface area contributed by atoms with Crippen LogP contribution in [0.4, 0.5) is 0 Å². The zero-order valence-corrected chi connectivity index (χ0v) is 11.3. The average Bonchev–Trinajstić information content (AvgIpc) is 2.35. The Labute approximate surface area is 113 Å². The zero-order chi connectivity index (χ0) is 14.4. The molecule has 5 heteroatoms. The first-order chi connectivity index (χ1) is 8.90. The summed E-state index contributed by atoms with van der Waals surface area (Å²) in [6.45, 7) is 2.57. The largest absolute Gasteiger partial charge is 0.480 e. The maximum absolute atomic E-state index is 11.7. The average molecular weight is 264 g/mol. The van der Waals surface area contributed by atoms with Crippen molar-refractivity contribution >= 4 is 11.9 Å². The van der Waals surface area contributed by atoms with E-state index in [1.165, 1.54) is 10.5 Å². The highest BCUT2D eigenvalue weighted by Crippen LogP contribution is 2.06. The van der Waals surface area contributed by atoms with E-state index in [9.17, 15) is 9.59 Å². The van der Waals surface area contributed by atoms with Gasteiger partial charge in [-0.05, 0) is 18.9 Å². The van der Waals surface area contributed by atoms with Crippen LogP contribution in [0, 0.1) is 6.92 Å². The van der Waals surface area contributed by atoms with Crippen molar-refractivity contribution in [1.82, 2.24) is 4.90 Å². The van der Waals surface area contributed by atoms with Gasteiger partial charge in [0.1, 0.15) is 6.04 Å². The van der Waals surface area contributed by atoms with Crippen molar-refractivity contribution in [3.8, 4) is 0 Å². The number of hydrogen-bond acceptors (Lipinski definition) is 3. The van der Waals surface area contributed by atoms with Crippen LogP contribution in [0.3, 0.4) is 0 Å². The molecule has 0 bridgehead atoms. The molecular weight excluding hydrogens is 244 g/mol. The van der Waals surface area contributed by atoms with E-state index in [0.717, 1.165) is 12.0 Å². The van der Waals surface area contributed by atoms with E-state index < -0.39 is 12.0 Å². The molecule has 0 saturated carbocycles. The molecule has 0 radical (unpaired) electrons. The fourth-order valence-corrected chi connectivity index (χ4v) is 1.72. The number of hydrogen-bond donors (Lipinski definition) is 2. The number of nitrogens with two attached hydrogens (primary N) is 1. The molecule has 0 aliphatic rings. The molecule has 104 valence electrons. The van der Waals surface area contributed by atoms with Gasteiger partial charge in [-0.3, -0.25) is 9.59 Å². The van der Waals surface area contributed by atoms with Gasteiger partial charge in [-0.15, -0.1) is 0 Å². The van der Waals surface area contributed by atoms with Gasteiger partial charge < -0.3 is 15.7 Å². The number of likely N-dealkylation sites (N-methyl/N-ethyl adjacent to an activating group) is 1. The van der Waals surface area contributed by atoms with Crippen LogP contribution in [0.15, 0.2) is 24.3 Å². The molecule has 19 heavy (non-hydrogen) atoms. The molecule has 1 rings (SSSR count). The van der Waals surface area contributed by atoms with Crippen LogP contribution in [-0.2, 0) is 16.0 Å². The Balaban J connectivity index is 2.44. The fourth-order valence-electron chi connectivity index (χ4n) is 1.72. The monoisotopic (exact) mass is 264 g/mol. The number of rotatable bonds is 6. The molecule has 0 heterocycles. The second-order valence-electron chi connectivity index (χ2n) is 4.70. The van der Waals surface area contributed by atoms with Crippen LogP contribution in [0.1, 0.15) is 17.5 Å². The highest BCUT2D eigenvalue weighted by atomic mass is 16.4. The second kappa shape index (κ2) is 6.89. The molecule has 0 saturated heterocycles. The van der Waals surface area contributed by atoms with Crippen molar-refractivity contribution < 1.29 is 14.7 Å². The van der Waals surface area contributed by atoms with Crippen LogP contribution >= 0.6 is 0 Å². The summed E-state index contributed by atoms with van der Waals surface area (Å²) in [5.74, 6) is -1.40. The first-order valence-electron chi connectivity index (χ1n) is 6.18. The molecule has 3 N–H and O–H groups in total. The Morgan fingerprint density at radius 2 is 2.11 bits per heavy atom. The van der Waals surface area contributed by atoms with Crippen LogP contribution < -0.4 is 5.73 Å². The molecule has 1 atom stereocenters. The summed E-state index contributed by atoms with van der Waals surface area (Å²) < 4.78 is 0. The lowest BCUT2D eigenvalue weighted by Gasteiger charge is -2.18. The number of aliphatic carboxylic acids is 1. The first-order valence-corrected chi connectivity index (χ1v) is 6.18. The SMILES string of the molecule is Cc1cccc(CCN(C)C(=O)CC(N)C(=O)O)c1. The van der Waals surface area contributed by atoms with Crippen LogP contribution in [0.2, 0.25) is 0 Å². The van der Waals surface area contributed by atoms with E-state index in [2.05, 4.69) is 6.07 Å². The highest BCUT2D eigenvalue weighted by Gasteiger charge is 2.18. The summed E-state index contributed by atoms with van der Waals surface area (Å²) >= 11 is 0. The van der Waals surface area contributed by atoms with Crippen molar-refractivity contribution in [2.75, 3.05) is 13.6 Å². The predicted octanol–water partition coefficient (Wildman–Crippen LogP) is 0.798. The van der Waals surface area contributed by atoms with E-state index >= 15 is 0 Å². The smallest absolute Gasteiger partial charge is 0.321 e. The molecule has 0 aliphatic carbocycles. The Morgan fingerprint density at radius 3 is 2.68 bits per heavy atom. The van der Waals surface area contributed by atoms with Crippen molar-refractivity contribution in [3.05, 3.63) is 35.4 Å². The van der Waals surface area contributed by atoms with E-state index in [4.69, 9.17) is 10.8 Å². The maximum atomic E-state index is 11.7. The van der Waals surface area contributed by atoms with Crippen LogP contribution in [0.25, 0.3) is 0 Å². The van der Waals surface area contributed by atoms with Crippen molar-refractivity contribution in [3.63, 3.8) is 0 Å². The van der Waals surface area contributed by atoms with Crippen LogP contribution in [0.5, 0.6) is 0 Å². The molecule has 0 aromatic heterocycles. The lowest BCUT2D eigenvalue weighted by Crippen LogP contribution is -2.38. The van der Waals surface area contributed by atoms with Gasteiger partial charge in [-0.2, -0.15) is 0 Å². The highest BCUT2D eigenvalue weighted by molar-refractivity contribution is 5.84. The Morgan fingerprint density at radius 1 is 1.42 bits per heavy atom. The van der Waals surface area contributed by atoms with Crippen molar-refractivity contribution in [2.24, 2.45) is 5.73 Å². The van der Waals surface area contributed by atoms with E-state index in [1.807, 2.05) is 25.1 Å². The topological polar surface area (TPSA) is 83.6 Å². The standard InChI is InChI=1S/C14H20N2O3/c1-10-4-3-5-11(8-10)6-7-16(2)13(17)9-12(15)14(18)19/h3-5,8,12H,6-7,9,15H2,1-2H3,(H,18,19). The summed E-state index contributed by atoms with van der Waals surface area (Å²) in [5, 5.41) is 8.66. The molecular formula is C14H20N2O3. The maximum Gasteiger partial charge on any atom is 0.321 e. The van der Waals surface area contributed by atoms with Gasteiger partial charge in [0, 0.05) is 13.6 Å². The number of carbonyl (C=O) groups excluding carboxylic acids is 1. The first kappa shape index (κ1) is 15.2. The van der Waals surface area contributed by atoms with Crippen molar-refractivity contribution in [2.45, 2.75) is 25.8 Å². The van der Waals surface area contributed by atoms with E-state index in [0.29, 0.717) is 6.54 Å². The number of carbonyl (C=O) groups is 2. The summed E-state index contributed by atoms with van der Waals surface area (Å²) in [4.78, 5) is 23.8. The van der Waals surface area contributed by atoms with E-state index in [1.54, 1.807) is 7.05 Å². The normalized spacial score (nSPS) is 11.9.